The van der Waals surface area contributed by atoms with Gasteiger partial charge in [0.05, 0.1) is 7.11 Å². The van der Waals surface area contributed by atoms with E-state index >= 15 is 0 Å². The highest BCUT2D eigenvalue weighted by molar-refractivity contribution is 6.29. The second-order valence-corrected chi connectivity index (χ2v) is 5.50. The van der Waals surface area contributed by atoms with E-state index in [1.165, 1.54) is 5.56 Å². The predicted octanol–water partition coefficient (Wildman–Crippen LogP) is 3.92. The summed E-state index contributed by atoms with van der Waals surface area (Å²) in [5.74, 6) is 2.65. The molecule has 5 heteroatoms. The Morgan fingerprint density at radius 3 is 2.76 bits per heavy atom. The highest BCUT2D eigenvalue weighted by atomic mass is 35.5. The zero-order valence-corrected chi connectivity index (χ0v) is 13.3. The molecular formula is C16H20ClN3O. The second-order valence-electron chi connectivity index (χ2n) is 5.12. The van der Waals surface area contributed by atoms with Crippen LogP contribution in [0.3, 0.4) is 0 Å². The molecule has 0 aliphatic rings. The van der Waals surface area contributed by atoms with Crippen molar-refractivity contribution in [3.8, 4) is 5.75 Å². The average Bonchev–Trinajstić information content (AvgIpc) is 2.47. The Bertz CT molecular complexity index is 602. The van der Waals surface area contributed by atoms with Crippen molar-refractivity contribution in [3.05, 3.63) is 46.9 Å². The summed E-state index contributed by atoms with van der Waals surface area (Å²) in [5, 5.41) is 3.76. The number of nitrogens with one attached hydrogen (secondary N) is 1. The third-order valence-electron chi connectivity index (χ3n) is 3.08. The van der Waals surface area contributed by atoms with Crippen LogP contribution < -0.4 is 10.1 Å². The topological polar surface area (TPSA) is 47.0 Å². The molecule has 0 saturated heterocycles. The Hall–Kier alpha value is -1.81. The summed E-state index contributed by atoms with van der Waals surface area (Å²) in [6.07, 6.45) is 0.885. The van der Waals surface area contributed by atoms with E-state index in [0.717, 1.165) is 30.4 Å². The Morgan fingerprint density at radius 1 is 1.24 bits per heavy atom. The molecule has 1 aromatic carbocycles. The molecule has 0 saturated carbocycles. The van der Waals surface area contributed by atoms with Crippen molar-refractivity contribution in [1.82, 2.24) is 9.97 Å². The molecule has 0 fully saturated rings. The lowest BCUT2D eigenvalue weighted by Gasteiger charge is -2.10. The number of hydrogen-bond donors (Lipinski definition) is 1. The fourth-order valence-electron chi connectivity index (χ4n) is 1.95. The number of halogens is 1. The molecule has 1 heterocycles. The van der Waals surface area contributed by atoms with Crippen LogP contribution in [0, 0.1) is 0 Å². The van der Waals surface area contributed by atoms with Crippen molar-refractivity contribution < 1.29 is 4.74 Å². The zero-order valence-electron chi connectivity index (χ0n) is 12.6. The fourth-order valence-corrected chi connectivity index (χ4v) is 2.14. The number of nitrogens with zero attached hydrogens (tertiary/aromatic N) is 2. The molecule has 21 heavy (non-hydrogen) atoms. The first kappa shape index (κ1) is 15.6. The van der Waals surface area contributed by atoms with Crippen LogP contribution in [0.2, 0.25) is 5.15 Å². The molecule has 1 aromatic heterocycles. The monoisotopic (exact) mass is 305 g/mol. The summed E-state index contributed by atoms with van der Waals surface area (Å²) in [4.78, 5) is 8.69. The first-order valence-electron chi connectivity index (χ1n) is 6.99. The lowest BCUT2D eigenvalue weighted by atomic mass is 10.1. The molecule has 0 radical (unpaired) electrons. The zero-order chi connectivity index (χ0) is 15.2. The fraction of sp³-hybridized carbons (Fsp3) is 0.375. The van der Waals surface area contributed by atoms with E-state index in [0.29, 0.717) is 5.15 Å². The average molecular weight is 306 g/mol. The van der Waals surface area contributed by atoms with Gasteiger partial charge in [-0.1, -0.05) is 37.6 Å². The number of benzene rings is 1. The number of methoxy groups -OCH3 is 1. The van der Waals surface area contributed by atoms with Crippen molar-refractivity contribution in [2.75, 3.05) is 19.0 Å². The number of ether oxygens (including phenoxy) is 1. The van der Waals surface area contributed by atoms with Crippen LogP contribution in [-0.4, -0.2) is 23.6 Å². The van der Waals surface area contributed by atoms with Gasteiger partial charge >= 0.3 is 0 Å². The summed E-state index contributed by atoms with van der Waals surface area (Å²) in [6, 6.07) is 9.80. The summed E-state index contributed by atoms with van der Waals surface area (Å²) < 4.78 is 5.22. The molecule has 4 nitrogen and oxygen atoms in total. The number of anilines is 1. The van der Waals surface area contributed by atoms with Gasteiger partial charge < -0.3 is 10.1 Å². The molecule has 0 spiro atoms. The van der Waals surface area contributed by atoms with Crippen molar-refractivity contribution in [2.24, 2.45) is 0 Å². The maximum Gasteiger partial charge on any atom is 0.135 e. The van der Waals surface area contributed by atoms with Gasteiger partial charge in [0.15, 0.2) is 0 Å². The third kappa shape index (κ3) is 4.60. The molecule has 112 valence electrons. The molecule has 0 aliphatic heterocycles. The highest BCUT2D eigenvalue weighted by Gasteiger charge is 2.06. The smallest absolute Gasteiger partial charge is 0.135 e. The van der Waals surface area contributed by atoms with Gasteiger partial charge in [0, 0.05) is 18.5 Å². The molecular weight excluding hydrogens is 286 g/mol. The minimum Gasteiger partial charge on any atom is -0.497 e. The molecule has 0 unspecified atom stereocenters. The molecule has 2 rings (SSSR count). The van der Waals surface area contributed by atoms with E-state index < -0.39 is 0 Å². The Morgan fingerprint density at radius 2 is 2.05 bits per heavy atom. The lowest BCUT2D eigenvalue weighted by molar-refractivity contribution is 0.414. The number of hydrogen-bond acceptors (Lipinski definition) is 4. The van der Waals surface area contributed by atoms with Gasteiger partial charge in [0.1, 0.15) is 22.5 Å². The van der Waals surface area contributed by atoms with Crippen LogP contribution in [0.15, 0.2) is 30.3 Å². The Balaban J connectivity index is 1.96. The molecule has 0 aliphatic carbocycles. The maximum absolute atomic E-state index is 6.02. The van der Waals surface area contributed by atoms with E-state index in [4.69, 9.17) is 16.3 Å². The van der Waals surface area contributed by atoms with E-state index in [1.54, 1.807) is 13.2 Å². The summed E-state index contributed by atoms with van der Waals surface area (Å²) in [7, 11) is 1.67. The van der Waals surface area contributed by atoms with Crippen LogP contribution in [0.4, 0.5) is 5.82 Å². The molecule has 0 atom stereocenters. The van der Waals surface area contributed by atoms with Gasteiger partial charge in [-0.2, -0.15) is 0 Å². The minimum atomic E-state index is 0.252. The minimum absolute atomic E-state index is 0.252. The number of rotatable bonds is 6. The summed E-state index contributed by atoms with van der Waals surface area (Å²) >= 11 is 6.02. The van der Waals surface area contributed by atoms with Gasteiger partial charge in [-0.25, -0.2) is 9.97 Å². The van der Waals surface area contributed by atoms with E-state index in [9.17, 15) is 0 Å². The van der Waals surface area contributed by atoms with Gasteiger partial charge in [0.2, 0.25) is 0 Å². The molecule has 2 aromatic rings. The van der Waals surface area contributed by atoms with E-state index in [-0.39, 0.29) is 5.92 Å². The van der Waals surface area contributed by atoms with Crippen LogP contribution >= 0.6 is 11.6 Å². The van der Waals surface area contributed by atoms with Crippen molar-refractivity contribution in [2.45, 2.75) is 26.2 Å². The largest absolute Gasteiger partial charge is 0.497 e. The standard InChI is InChI=1S/C16H20ClN3O/c1-11(2)16-19-14(17)10-15(20-16)18-8-7-12-5-4-6-13(9-12)21-3/h4-6,9-11H,7-8H2,1-3H3,(H,18,19,20). The second kappa shape index (κ2) is 7.27. The lowest BCUT2D eigenvalue weighted by Crippen LogP contribution is -2.09. The Labute approximate surface area is 130 Å². The van der Waals surface area contributed by atoms with E-state index in [2.05, 4.69) is 21.4 Å². The summed E-state index contributed by atoms with van der Waals surface area (Å²) in [5.41, 5.74) is 1.21. The first-order chi connectivity index (χ1) is 10.1. The normalized spacial score (nSPS) is 10.7. The van der Waals surface area contributed by atoms with Crippen molar-refractivity contribution in [3.63, 3.8) is 0 Å². The third-order valence-corrected chi connectivity index (χ3v) is 3.28. The van der Waals surface area contributed by atoms with E-state index in [1.807, 2.05) is 32.0 Å². The van der Waals surface area contributed by atoms with Crippen LogP contribution in [0.25, 0.3) is 0 Å². The van der Waals surface area contributed by atoms with Gasteiger partial charge in [-0.3, -0.25) is 0 Å². The van der Waals surface area contributed by atoms with Crippen molar-refractivity contribution in [1.29, 1.82) is 0 Å². The SMILES string of the molecule is COc1cccc(CCNc2cc(Cl)nc(C(C)C)n2)c1. The maximum atomic E-state index is 6.02. The predicted molar refractivity (Wildman–Crippen MR) is 86.3 cm³/mol. The molecule has 0 amide bonds. The number of aromatic nitrogens is 2. The quantitative estimate of drug-likeness (QED) is 0.822. The molecule has 0 bridgehead atoms. The molecule has 1 N–H and O–H groups in total. The van der Waals surface area contributed by atoms with Gasteiger partial charge in [-0.05, 0) is 24.1 Å². The Kier molecular flexibility index (Phi) is 5.39. The highest BCUT2D eigenvalue weighted by Crippen LogP contribution is 2.17. The van der Waals surface area contributed by atoms with Crippen molar-refractivity contribution >= 4 is 17.4 Å². The van der Waals surface area contributed by atoms with Crippen LogP contribution in [-0.2, 0) is 6.42 Å². The van der Waals surface area contributed by atoms with Crippen LogP contribution in [0.1, 0.15) is 31.2 Å². The van der Waals surface area contributed by atoms with Crippen LogP contribution in [0.5, 0.6) is 5.75 Å². The van der Waals surface area contributed by atoms with Gasteiger partial charge in [-0.15, -0.1) is 0 Å². The summed E-state index contributed by atoms with van der Waals surface area (Å²) in [6.45, 7) is 4.87. The van der Waals surface area contributed by atoms with Gasteiger partial charge in [0.25, 0.3) is 0 Å². The first-order valence-corrected chi connectivity index (χ1v) is 7.37.